The molecule has 1 N–H and O–H groups in total. The molecule has 0 spiro atoms. The van der Waals surface area contributed by atoms with Gasteiger partial charge in [0.15, 0.2) is 0 Å². The van der Waals surface area contributed by atoms with Gasteiger partial charge in [-0.1, -0.05) is 42.3 Å². The fraction of sp³-hybridized carbons (Fsp3) is 0.250. The summed E-state index contributed by atoms with van der Waals surface area (Å²) in [6, 6.07) is 9.00. The van der Waals surface area contributed by atoms with Gasteiger partial charge in [-0.2, -0.15) is 0 Å². The second kappa shape index (κ2) is 7.21. The Labute approximate surface area is 132 Å². The number of benzene rings is 2. The van der Waals surface area contributed by atoms with Gasteiger partial charge in [-0.05, 0) is 48.4 Å². The lowest BCUT2D eigenvalue weighted by atomic mass is 9.98. The van der Waals surface area contributed by atoms with E-state index in [0.717, 1.165) is 5.56 Å². The molecule has 0 amide bonds. The zero-order chi connectivity index (χ0) is 15.4. The molecule has 21 heavy (non-hydrogen) atoms. The van der Waals surface area contributed by atoms with E-state index in [2.05, 4.69) is 5.32 Å². The van der Waals surface area contributed by atoms with Crippen LogP contribution in [0.5, 0.6) is 0 Å². The lowest BCUT2D eigenvalue weighted by molar-refractivity contribution is 0.526. The highest BCUT2D eigenvalue weighted by Gasteiger charge is 2.15. The molecule has 112 valence electrons. The van der Waals surface area contributed by atoms with Gasteiger partial charge in [0, 0.05) is 11.1 Å². The minimum atomic E-state index is -0.465. The fourth-order valence-corrected chi connectivity index (χ4v) is 2.54. The highest BCUT2D eigenvalue weighted by Crippen LogP contribution is 2.25. The maximum absolute atomic E-state index is 13.9. The summed E-state index contributed by atoms with van der Waals surface area (Å²) < 4.78 is 27.2. The van der Waals surface area contributed by atoms with E-state index < -0.39 is 5.82 Å². The summed E-state index contributed by atoms with van der Waals surface area (Å²) in [5.74, 6) is -0.813. The van der Waals surface area contributed by atoms with Gasteiger partial charge in [0.2, 0.25) is 0 Å². The molecule has 2 rings (SSSR count). The smallest absolute Gasteiger partial charge is 0.141 e. The Hall–Kier alpha value is -1.16. The summed E-state index contributed by atoms with van der Waals surface area (Å²) in [4.78, 5) is 0. The molecule has 0 aliphatic rings. The first-order chi connectivity index (χ1) is 10.0. The summed E-state index contributed by atoms with van der Waals surface area (Å²) in [5.41, 5.74) is 1.36. The molecule has 0 aliphatic heterocycles. The standard InChI is InChI=1S/C16H15Cl2F2N/c1-2-21-16(11-4-6-14(19)13(18)7-11)8-10-3-5-12(17)9-15(10)20/h3-7,9,16,21H,2,8H2,1H3. The Morgan fingerprint density at radius 1 is 1.05 bits per heavy atom. The highest BCUT2D eigenvalue weighted by molar-refractivity contribution is 6.31. The van der Waals surface area contributed by atoms with Crippen LogP contribution in [0.15, 0.2) is 36.4 Å². The van der Waals surface area contributed by atoms with Gasteiger partial charge in [-0.15, -0.1) is 0 Å². The van der Waals surface area contributed by atoms with Crippen LogP contribution in [0.3, 0.4) is 0 Å². The van der Waals surface area contributed by atoms with E-state index in [1.165, 1.54) is 12.1 Å². The molecule has 5 heteroatoms. The Balaban J connectivity index is 2.28. The van der Waals surface area contributed by atoms with Crippen molar-refractivity contribution in [1.29, 1.82) is 0 Å². The summed E-state index contributed by atoms with van der Waals surface area (Å²) in [6.45, 7) is 2.66. The predicted octanol–water partition coefficient (Wildman–Crippen LogP) is 5.16. The maximum atomic E-state index is 13.9. The van der Waals surface area contributed by atoms with Crippen molar-refractivity contribution in [2.24, 2.45) is 0 Å². The van der Waals surface area contributed by atoms with Crippen molar-refractivity contribution >= 4 is 23.2 Å². The van der Waals surface area contributed by atoms with Crippen molar-refractivity contribution in [3.8, 4) is 0 Å². The van der Waals surface area contributed by atoms with Gasteiger partial charge >= 0.3 is 0 Å². The third-order valence-electron chi connectivity index (χ3n) is 3.24. The molecule has 1 unspecified atom stereocenters. The van der Waals surface area contributed by atoms with Crippen molar-refractivity contribution in [2.75, 3.05) is 6.54 Å². The SMILES string of the molecule is CCNC(Cc1ccc(Cl)cc1F)c1ccc(F)c(Cl)c1. The Morgan fingerprint density at radius 2 is 1.81 bits per heavy atom. The Morgan fingerprint density at radius 3 is 2.43 bits per heavy atom. The summed E-state index contributed by atoms with van der Waals surface area (Å²) in [7, 11) is 0. The average molecular weight is 330 g/mol. The van der Waals surface area contributed by atoms with Gasteiger partial charge < -0.3 is 5.32 Å². The summed E-state index contributed by atoms with van der Waals surface area (Å²) >= 11 is 11.6. The first-order valence-corrected chi connectivity index (χ1v) is 7.39. The lowest BCUT2D eigenvalue weighted by Gasteiger charge is -2.19. The van der Waals surface area contributed by atoms with E-state index in [0.29, 0.717) is 23.6 Å². The molecule has 1 atom stereocenters. The highest BCUT2D eigenvalue weighted by atomic mass is 35.5. The van der Waals surface area contributed by atoms with Gasteiger partial charge in [0.25, 0.3) is 0 Å². The zero-order valence-electron chi connectivity index (χ0n) is 11.5. The first kappa shape index (κ1) is 16.2. The average Bonchev–Trinajstić information content (AvgIpc) is 2.44. The van der Waals surface area contributed by atoms with E-state index in [-0.39, 0.29) is 16.9 Å². The third-order valence-corrected chi connectivity index (χ3v) is 3.76. The largest absolute Gasteiger partial charge is 0.310 e. The monoisotopic (exact) mass is 329 g/mol. The first-order valence-electron chi connectivity index (χ1n) is 6.63. The number of hydrogen-bond donors (Lipinski definition) is 1. The van der Waals surface area contributed by atoms with Crippen LogP contribution in [-0.2, 0) is 6.42 Å². The molecule has 0 heterocycles. The molecular formula is C16H15Cl2F2N. The van der Waals surface area contributed by atoms with Crippen LogP contribution in [-0.4, -0.2) is 6.54 Å². The van der Waals surface area contributed by atoms with Crippen molar-refractivity contribution in [3.63, 3.8) is 0 Å². The lowest BCUT2D eigenvalue weighted by Crippen LogP contribution is -2.23. The molecule has 0 saturated heterocycles. The molecule has 0 fully saturated rings. The zero-order valence-corrected chi connectivity index (χ0v) is 13.0. The van der Waals surface area contributed by atoms with E-state index in [1.807, 2.05) is 6.92 Å². The molecule has 0 radical (unpaired) electrons. The molecule has 0 aliphatic carbocycles. The Kier molecular flexibility index (Phi) is 5.57. The quantitative estimate of drug-likeness (QED) is 0.798. The number of hydrogen-bond acceptors (Lipinski definition) is 1. The molecule has 0 aromatic heterocycles. The molecule has 2 aromatic rings. The van der Waals surface area contributed by atoms with Crippen molar-refractivity contribution in [1.82, 2.24) is 5.32 Å². The minimum absolute atomic E-state index is 0.0620. The number of rotatable bonds is 5. The van der Waals surface area contributed by atoms with Gasteiger partial charge in [0.1, 0.15) is 11.6 Å². The van der Waals surface area contributed by atoms with Crippen LogP contribution < -0.4 is 5.32 Å². The number of halogens is 4. The molecular weight excluding hydrogens is 315 g/mol. The van der Waals surface area contributed by atoms with E-state index >= 15 is 0 Å². The van der Waals surface area contributed by atoms with Crippen molar-refractivity contribution < 1.29 is 8.78 Å². The Bertz CT molecular complexity index is 632. The second-order valence-electron chi connectivity index (χ2n) is 4.72. The topological polar surface area (TPSA) is 12.0 Å². The molecule has 0 saturated carbocycles. The summed E-state index contributed by atoms with van der Waals surface area (Å²) in [6.07, 6.45) is 0.429. The van der Waals surface area contributed by atoms with E-state index in [1.54, 1.807) is 24.3 Å². The minimum Gasteiger partial charge on any atom is -0.310 e. The van der Waals surface area contributed by atoms with Crippen LogP contribution in [0.25, 0.3) is 0 Å². The maximum Gasteiger partial charge on any atom is 0.141 e. The number of likely N-dealkylation sites (N-methyl/N-ethyl adjacent to an activating group) is 1. The van der Waals surface area contributed by atoms with Crippen molar-refractivity contribution in [2.45, 2.75) is 19.4 Å². The molecule has 0 bridgehead atoms. The normalized spacial score (nSPS) is 12.4. The van der Waals surface area contributed by atoms with Crippen LogP contribution in [0.2, 0.25) is 10.0 Å². The second-order valence-corrected chi connectivity index (χ2v) is 5.57. The molecule has 1 nitrogen and oxygen atoms in total. The van der Waals surface area contributed by atoms with Crippen molar-refractivity contribution in [3.05, 3.63) is 69.2 Å². The fourth-order valence-electron chi connectivity index (χ4n) is 2.19. The van der Waals surface area contributed by atoms with Crippen LogP contribution in [0.4, 0.5) is 8.78 Å². The predicted molar refractivity (Wildman–Crippen MR) is 82.9 cm³/mol. The van der Waals surface area contributed by atoms with E-state index in [9.17, 15) is 8.78 Å². The van der Waals surface area contributed by atoms with Gasteiger partial charge in [0.05, 0.1) is 5.02 Å². The number of nitrogens with one attached hydrogen (secondary N) is 1. The summed E-state index contributed by atoms with van der Waals surface area (Å²) in [5, 5.41) is 3.68. The van der Waals surface area contributed by atoms with Crippen LogP contribution in [0, 0.1) is 11.6 Å². The van der Waals surface area contributed by atoms with Gasteiger partial charge in [-0.25, -0.2) is 8.78 Å². The van der Waals surface area contributed by atoms with Gasteiger partial charge in [-0.3, -0.25) is 0 Å². The molecule has 2 aromatic carbocycles. The van der Waals surface area contributed by atoms with Crippen LogP contribution >= 0.6 is 23.2 Å². The third kappa shape index (κ3) is 4.16. The van der Waals surface area contributed by atoms with Crippen LogP contribution in [0.1, 0.15) is 24.1 Å². The van der Waals surface area contributed by atoms with E-state index in [4.69, 9.17) is 23.2 Å².